The summed E-state index contributed by atoms with van der Waals surface area (Å²) in [6.07, 6.45) is 1.15. The van der Waals surface area contributed by atoms with Gasteiger partial charge in [0, 0.05) is 6.54 Å². The van der Waals surface area contributed by atoms with Crippen molar-refractivity contribution in [3.8, 4) is 0 Å². The molecular formula is C13H18N2O5S. The minimum atomic E-state index is -3.83. The number of nitrogens with one attached hydrogen (secondary N) is 1. The van der Waals surface area contributed by atoms with E-state index in [2.05, 4.69) is 9.46 Å². The van der Waals surface area contributed by atoms with Gasteiger partial charge >= 0.3 is 5.97 Å². The topological polar surface area (TPSA) is 119 Å². The highest BCUT2D eigenvalue weighted by Gasteiger charge is 2.31. The van der Waals surface area contributed by atoms with Gasteiger partial charge in [-0.3, -0.25) is 0 Å². The number of nitrogen functional groups attached to an aromatic ring is 1. The van der Waals surface area contributed by atoms with Gasteiger partial charge in [-0.25, -0.2) is 17.9 Å². The molecule has 0 saturated heterocycles. The molecular weight excluding hydrogens is 296 g/mol. The van der Waals surface area contributed by atoms with Crippen molar-refractivity contribution in [1.29, 1.82) is 0 Å². The predicted molar refractivity (Wildman–Crippen MR) is 76.1 cm³/mol. The van der Waals surface area contributed by atoms with Crippen molar-refractivity contribution in [3.05, 3.63) is 23.8 Å². The number of benzene rings is 1. The molecule has 7 nitrogen and oxygen atoms in total. The van der Waals surface area contributed by atoms with Gasteiger partial charge in [-0.2, -0.15) is 0 Å². The molecule has 1 aromatic carbocycles. The van der Waals surface area contributed by atoms with Crippen LogP contribution in [0.4, 0.5) is 5.69 Å². The van der Waals surface area contributed by atoms with Gasteiger partial charge in [-0.05, 0) is 37.0 Å². The molecule has 0 radical (unpaired) electrons. The van der Waals surface area contributed by atoms with Crippen LogP contribution in [0.25, 0.3) is 0 Å². The SMILES string of the molecule is COC(=O)c1ccc(S(=O)(=O)NCC(O)C2CC2)c(N)c1. The quantitative estimate of drug-likeness (QED) is 0.506. The number of hydrogen-bond donors (Lipinski definition) is 3. The largest absolute Gasteiger partial charge is 0.465 e. The summed E-state index contributed by atoms with van der Waals surface area (Å²) < 4.78 is 31.1. The molecule has 0 aliphatic heterocycles. The Morgan fingerprint density at radius 3 is 2.71 bits per heavy atom. The molecule has 0 heterocycles. The number of carbonyl (C=O) groups is 1. The maximum absolute atomic E-state index is 12.1. The van der Waals surface area contributed by atoms with Crippen LogP contribution in [0.15, 0.2) is 23.1 Å². The second kappa shape index (κ2) is 6.00. The van der Waals surface area contributed by atoms with E-state index in [9.17, 15) is 18.3 Å². The Kier molecular flexibility index (Phi) is 4.50. The minimum Gasteiger partial charge on any atom is -0.465 e. The average Bonchev–Trinajstić information content (AvgIpc) is 3.28. The van der Waals surface area contributed by atoms with Crippen LogP contribution >= 0.6 is 0 Å². The third-order valence-electron chi connectivity index (χ3n) is 3.37. The lowest BCUT2D eigenvalue weighted by Crippen LogP contribution is -2.33. The molecule has 2 rings (SSSR count). The van der Waals surface area contributed by atoms with Crippen LogP contribution in [0.3, 0.4) is 0 Å². The lowest BCUT2D eigenvalue weighted by Gasteiger charge is -2.13. The molecule has 0 spiro atoms. The molecule has 1 aromatic rings. The molecule has 1 saturated carbocycles. The van der Waals surface area contributed by atoms with Gasteiger partial charge in [0.1, 0.15) is 4.90 Å². The standard InChI is InChI=1S/C13H18N2O5S/c1-20-13(17)9-4-5-12(10(14)6-9)21(18,19)15-7-11(16)8-2-3-8/h4-6,8,11,15-16H,2-3,7,14H2,1H3. The zero-order chi connectivity index (χ0) is 15.6. The first-order chi connectivity index (χ1) is 9.85. The number of esters is 1. The van der Waals surface area contributed by atoms with Crippen LogP contribution in [0.1, 0.15) is 23.2 Å². The summed E-state index contributed by atoms with van der Waals surface area (Å²) in [5.41, 5.74) is 5.81. The highest BCUT2D eigenvalue weighted by molar-refractivity contribution is 7.89. The highest BCUT2D eigenvalue weighted by atomic mass is 32.2. The van der Waals surface area contributed by atoms with E-state index < -0.39 is 22.1 Å². The molecule has 1 atom stereocenters. The maximum Gasteiger partial charge on any atom is 0.337 e. The number of sulfonamides is 1. The summed E-state index contributed by atoms with van der Waals surface area (Å²) in [6.45, 7) is -0.0504. The number of hydrogen-bond acceptors (Lipinski definition) is 6. The molecule has 0 aromatic heterocycles. The van der Waals surface area contributed by atoms with Crippen molar-refractivity contribution in [2.75, 3.05) is 19.4 Å². The first-order valence-corrected chi connectivity index (χ1v) is 7.99. The summed E-state index contributed by atoms with van der Waals surface area (Å²) in [5.74, 6) is -0.422. The lowest BCUT2D eigenvalue weighted by molar-refractivity contribution is 0.0600. The minimum absolute atomic E-state index is 0.0497. The normalized spacial score (nSPS) is 16.5. The number of ether oxygens (including phenoxy) is 1. The molecule has 0 bridgehead atoms. The Morgan fingerprint density at radius 1 is 1.52 bits per heavy atom. The van der Waals surface area contributed by atoms with E-state index >= 15 is 0 Å². The first-order valence-electron chi connectivity index (χ1n) is 6.50. The lowest BCUT2D eigenvalue weighted by atomic mass is 10.2. The van der Waals surface area contributed by atoms with Gasteiger partial charge in [0.2, 0.25) is 10.0 Å². The van der Waals surface area contributed by atoms with Crippen LogP contribution in [0.2, 0.25) is 0 Å². The molecule has 1 aliphatic carbocycles. The monoisotopic (exact) mass is 314 g/mol. The summed E-state index contributed by atoms with van der Waals surface area (Å²) in [4.78, 5) is 11.2. The van der Waals surface area contributed by atoms with E-state index in [-0.39, 0.29) is 28.6 Å². The zero-order valence-corrected chi connectivity index (χ0v) is 12.4. The van der Waals surface area contributed by atoms with Gasteiger partial charge in [-0.1, -0.05) is 0 Å². The molecule has 1 aliphatic rings. The smallest absolute Gasteiger partial charge is 0.337 e. The summed E-state index contributed by atoms with van der Waals surface area (Å²) in [6, 6.07) is 3.82. The van der Waals surface area contributed by atoms with Crippen LogP contribution in [-0.2, 0) is 14.8 Å². The molecule has 21 heavy (non-hydrogen) atoms. The van der Waals surface area contributed by atoms with E-state index in [0.29, 0.717) is 0 Å². The van der Waals surface area contributed by atoms with Crippen LogP contribution < -0.4 is 10.5 Å². The molecule has 8 heteroatoms. The van der Waals surface area contributed by atoms with E-state index in [1.54, 1.807) is 0 Å². The van der Waals surface area contributed by atoms with Gasteiger partial charge in [0.05, 0.1) is 24.5 Å². The van der Waals surface area contributed by atoms with Gasteiger partial charge in [0.25, 0.3) is 0 Å². The summed E-state index contributed by atoms with van der Waals surface area (Å²) in [7, 11) is -2.60. The second-order valence-electron chi connectivity index (χ2n) is 5.00. The van der Waals surface area contributed by atoms with Crippen LogP contribution in [-0.4, -0.2) is 39.3 Å². The zero-order valence-electron chi connectivity index (χ0n) is 11.6. The molecule has 1 unspecified atom stereocenters. The average molecular weight is 314 g/mol. The number of aliphatic hydroxyl groups excluding tert-OH is 1. The van der Waals surface area contributed by atoms with Gasteiger partial charge in [0.15, 0.2) is 0 Å². The number of methoxy groups -OCH3 is 1. The Morgan fingerprint density at radius 2 is 2.19 bits per heavy atom. The number of aliphatic hydroxyl groups is 1. The van der Waals surface area contributed by atoms with Crippen molar-refractivity contribution in [1.82, 2.24) is 4.72 Å². The van der Waals surface area contributed by atoms with Crippen molar-refractivity contribution in [2.24, 2.45) is 5.92 Å². The number of carbonyl (C=O) groups excluding carboxylic acids is 1. The van der Waals surface area contributed by atoms with Crippen molar-refractivity contribution >= 4 is 21.7 Å². The van der Waals surface area contributed by atoms with Crippen molar-refractivity contribution in [3.63, 3.8) is 0 Å². The fourth-order valence-corrected chi connectivity index (χ4v) is 3.12. The second-order valence-corrected chi connectivity index (χ2v) is 6.74. The number of nitrogens with two attached hydrogens (primary N) is 1. The van der Waals surface area contributed by atoms with Crippen molar-refractivity contribution < 1.29 is 23.1 Å². The third-order valence-corrected chi connectivity index (χ3v) is 4.87. The maximum atomic E-state index is 12.1. The number of anilines is 1. The fourth-order valence-electron chi connectivity index (χ4n) is 1.96. The fraction of sp³-hybridized carbons (Fsp3) is 0.462. The molecule has 116 valence electrons. The van der Waals surface area contributed by atoms with Crippen LogP contribution in [0.5, 0.6) is 0 Å². The van der Waals surface area contributed by atoms with Gasteiger partial charge < -0.3 is 15.6 Å². The summed E-state index contributed by atoms with van der Waals surface area (Å²) >= 11 is 0. The molecule has 0 amide bonds. The Labute approximate surface area is 123 Å². The highest BCUT2D eigenvalue weighted by Crippen LogP contribution is 2.32. The van der Waals surface area contributed by atoms with Gasteiger partial charge in [-0.15, -0.1) is 0 Å². The summed E-state index contributed by atoms with van der Waals surface area (Å²) in [5, 5.41) is 9.70. The van der Waals surface area contributed by atoms with Crippen LogP contribution in [0, 0.1) is 5.92 Å². The Bertz CT molecular complexity index is 640. The number of rotatable bonds is 6. The van der Waals surface area contributed by atoms with E-state index in [0.717, 1.165) is 12.8 Å². The third kappa shape index (κ3) is 3.72. The molecule has 1 fully saturated rings. The van der Waals surface area contributed by atoms with E-state index in [1.165, 1.54) is 25.3 Å². The van der Waals surface area contributed by atoms with E-state index in [4.69, 9.17) is 5.73 Å². The Hall–Kier alpha value is -1.64. The first kappa shape index (κ1) is 15.7. The predicted octanol–water partition coefficient (Wildman–Crippen LogP) is 0.105. The van der Waals surface area contributed by atoms with E-state index in [1.807, 2.05) is 0 Å². The van der Waals surface area contributed by atoms with Crippen molar-refractivity contribution in [2.45, 2.75) is 23.8 Å². The Balaban J connectivity index is 2.13. The molecule has 4 N–H and O–H groups in total.